The van der Waals surface area contributed by atoms with E-state index in [1.165, 1.54) is 75.5 Å². The van der Waals surface area contributed by atoms with Crippen LogP contribution in [0, 0.1) is 0 Å². The number of hydrogen-bond donors (Lipinski definition) is 0. The Bertz CT molecular complexity index is 280. The average Bonchev–Trinajstić information content (AvgIpc) is 2.74. The zero-order chi connectivity index (χ0) is 23.2. The lowest BCUT2D eigenvalue weighted by Gasteiger charge is -2.23. The smallest absolute Gasteiger partial charge is 0.0323 e. The monoisotopic (exact) mass is 508 g/mol. The fourth-order valence-corrected chi connectivity index (χ4v) is 15.7. The van der Waals surface area contributed by atoms with Crippen molar-refractivity contribution in [2.45, 2.75) is 99.3 Å². The maximum atomic E-state index is 2.40. The van der Waals surface area contributed by atoms with E-state index >= 15 is 0 Å². The molecule has 0 rings (SSSR count). The normalized spacial score (nSPS) is 12.2. The van der Waals surface area contributed by atoms with Crippen LogP contribution in [-0.2, 0) is 0 Å². The third-order valence-corrected chi connectivity index (χ3v) is 18.3. The van der Waals surface area contributed by atoms with Crippen LogP contribution in [0.4, 0.5) is 0 Å². The van der Waals surface area contributed by atoms with Gasteiger partial charge in [-0.3, -0.25) is 0 Å². The molecule has 0 saturated heterocycles. The molecule has 0 aromatic rings. The van der Waals surface area contributed by atoms with E-state index in [9.17, 15) is 0 Å². The lowest BCUT2D eigenvalue weighted by Crippen LogP contribution is -2.04. The van der Waals surface area contributed by atoms with Gasteiger partial charge in [-0.2, -0.15) is 0 Å². The van der Waals surface area contributed by atoms with Crippen molar-refractivity contribution in [2.75, 3.05) is 73.9 Å². The highest BCUT2D eigenvalue weighted by Gasteiger charge is 2.14. The van der Waals surface area contributed by atoms with Crippen LogP contribution in [0.15, 0.2) is 0 Å². The third-order valence-electron chi connectivity index (χ3n) is 6.09. The van der Waals surface area contributed by atoms with Crippen molar-refractivity contribution in [3.8, 4) is 0 Å². The summed E-state index contributed by atoms with van der Waals surface area (Å²) >= 11 is 0. The van der Waals surface area contributed by atoms with Gasteiger partial charge >= 0.3 is 0 Å². The highest BCUT2D eigenvalue weighted by molar-refractivity contribution is 7.59. The van der Waals surface area contributed by atoms with Crippen molar-refractivity contribution in [3.63, 3.8) is 0 Å². The minimum Gasteiger partial charge on any atom is -0.107 e. The van der Waals surface area contributed by atoms with Crippen LogP contribution in [0.2, 0.25) is 0 Å². The van der Waals surface area contributed by atoms with Crippen LogP contribution in [-0.4, -0.2) is 73.9 Å². The molecular weight excluding hydrogens is 448 g/mol. The standard InChI is InChI=1S/C27H60P4/c1-7-16-28(17-8-2)22-13-25-31(26-14-23-29(18-9-3)19-10-4)27-15-24-30(20-11-5)21-12-6/h7-27H2,1-6H3. The predicted octanol–water partition coefficient (Wildman–Crippen LogP) is 10.5. The zero-order valence-electron chi connectivity index (χ0n) is 22.6. The van der Waals surface area contributed by atoms with Gasteiger partial charge < -0.3 is 0 Å². The van der Waals surface area contributed by atoms with Crippen LogP contribution >= 0.6 is 31.7 Å². The van der Waals surface area contributed by atoms with E-state index in [4.69, 9.17) is 0 Å². The lowest BCUT2D eigenvalue weighted by atomic mass is 10.5. The summed E-state index contributed by atoms with van der Waals surface area (Å²) in [5, 5.41) is 0. The number of hydrogen-bond acceptors (Lipinski definition) is 0. The average molecular weight is 509 g/mol. The Morgan fingerprint density at radius 1 is 0.258 bits per heavy atom. The SMILES string of the molecule is CCCP(CCC)CCCP(CCCP(CCC)CCC)CCCP(CCC)CCC. The van der Waals surface area contributed by atoms with E-state index in [0.717, 1.165) is 0 Å². The molecule has 0 fully saturated rings. The summed E-state index contributed by atoms with van der Waals surface area (Å²) in [5.74, 6) is 0. The molecule has 0 heterocycles. The Morgan fingerprint density at radius 2 is 0.419 bits per heavy atom. The summed E-state index contributed by atoms with van der Waals surface area (Å²) in [6.07, 6.45) is 32.0. The van der Waals surface area contributed by atoms with E-state index in [2.05, 4.69) is 41.5 Å². The molecule has 0 atom stereocenters. The van der Waals surface area contributed by atoms with Gasteiger partial charge in [0.15, 0.2) is 0 Å². The van der Waals surface area contributed by atoms with Crippen LogP contribution in [0.1, 0.15) is 99.3 Å². The Labute approximate surface area is 204 Å². The first-order chi connectivity index (χ1) is 15.1. The molecule has 0 aliphatic heterocycles. The van der Waals surface area contributed by atoms with E-state index < -0.39 is 0 Å². The molecule has 31 heavy (non-hydrogen) atoms. The lowest BCUT2D eigenvalue weighted by molar-refractivity contribution is 0.988. The first-order valence-electron chi connectivity index (χ1n) is 14.0. The van der Waals surface area contributed by atoms with Gasteiger partial charge in [0.2, 0.25) is 0 Å². The second-order valence-electron chi connectivity index (χ2n) is 9.43. The molecule has 0 aliphatic carbocycles. The van der Waals surface area contributed by atoms with E-state index in [1.807, 2.05) is 0 Å². The minimum atomic E-state index is 0.323. The Kier molecular flexibility index (Phi) is 26.2. The maximum absolute atomic E-state index is 2.40. The molecule has 0 aliphatic rings. The highest BCUT2D eigenvalue weighted by Crippen LogP contribution is 2.46. The van der Waals surface area contributed by atoms with E-state index in [-0.39, 0.29) is 0 Å². The summed E-state index contributed by atoms with van der Waals surface area (Å²) in [5.41, 5.74) is 0. The van der Waals surface area contributed by atoms with Crippen molar-refractivity contribution in [3.05, 3.63) is 0 Å². The van der Waals surface area contributed by atoms with Crippen molar-refractivity contribution < 1.29 is 0 Å². The second-order valence-corrected chi connectivity index (χ2v) is 20.2. The first-order valence-corrected chi connectivity index (χ1v) is 21.6. The molecule has 0 aromatic heterocycles. The summed E-state index contributed by atoms with van der Waals surface area (Å²) < 4.78 is 0. The molecule has 0 bridgehead atoms. The Hall–Kier alpha value is 1.72. The largest absolute Gasteiger partial charge is 0.107 e. The van der Waals surface area contributed by atoms with Crippen molar-refractivity contribution in [1.29, 1.82) is 0 Å². The van der Waals surface area contributed by atoms with Gasteiger partial charge in [0.25, 0.3) is 0 Å². The van der Waals surface area contributed by atoms with Gasteiger partial charge in [0.1, 0.15) is 0 Å². The van der Waals surface area contributed by atoms with Gasteiger partial charge in [-0.25, -0.2) is 0 Å². The summed E-state index contributed by atoms with van der Waals surface area (Å²) in [6, 6.07) is 0. The molecule has 0 nitrogen and oxygen atoms in total. The van der Waals surface area contributed by atoms with Crippen LogP contribution in [0.25, 0.3) is 0 Å². The molecule has 0 radical (unpaired) electrons. The summed E-state index contributed by atoms with van der Waals surface area (Å²) in [6.45, 7) is 14.4. The van der Waals surface area contributed by atoms with Crippen molar-refractivity contribution >= 4 is 31.7 Å². The topological polar surface area (TPSA) is 0 Å². The third kappa shape index (κ3) is 19.7. The molecule has 0 N–H and O–H groups in total. The molecule has 0 saturated carbocycles. The van der Waals surface area contributed by atoms with Crippen LogP contribution in [0.3, 0.4) is 0 Å². The van der Waals surface area contributed by atoms with Gasteiger partial charge in [0, 0.05) is 0 Å². The first kappa shape index (κ1) is 32.7. The van der Waals surface area contributed by atoms with Crippen LogP contribution < -0.4 is 0 Å². The number of rotatable bonds is 24. The molecule has 0 unspecified atom stereocenters. The zero-order valence-corrected chi connectivity index (χ0v) is 26.2. The molecule has 0 spiro atoms. The highest BCUT2D eigenvalue weighted by atomic mass is 31.1. The molecule has 4 heteroatoms. The van der Waals surface area contributed by atoms with E-state index in [0.29, 0.717) is 31.7 Å². The summed E-state index contributed by atoms with van der Waals surface area (Å²) in [7, 11) is 1.40. The predicted molar refractivity (Wildman–Crippen MR) is 162 cm³/mol. The second kappa shape index (κ2) is 24.8. The van der Waals surface area contributed by atoms with Crippen molar-refractivity contribution in [2.24, 2.45) is 0 Å². The van der Waals surface area contributed by atoms with Gasteiger partial charge in [-0.1, -0.05) is 80.1 Å². The molecule has 0 aromatic carbocycles. The maximum Gasteiger partial charge on any atom is -0.0323 e. The molecule has 0 amide bonds. The van der Waals surface area contributed by atoms with Gasteiger partial charge in [-0.15, -0.1) is 31.7 Å². The van der Waals surface area contributed by atoms with Crippen LogP contribution in [0.5, 0.6) is 0 Å². The fraction of sp³-hybridized carbons (Fsp3) is 1.00. The Balaban J connectivity index is 4.56. The fourth-order valence-electron chi connectivity index (χ4n) is 4.79. The van der Waals surface area contributed by atoms with E-state index in [1.54, 1.807) is 56.2 Å². The molecular formula is C27H60P4. The quantitative estimate of drug-likeness (QED) is 0.114. The van der Waals surface area contributed by atoms with Gasteiger partial charge in [-0.05, 0) is 93.2 Å². The summed E-state index contributed by atoms with van der Waals surface area (Å²) in [4.78, 5) is 0. The molecule has 188 valence electrons. The minimum absolute atomic E-state index is 0.323. The van der Waals surface area contributed by atoms with Crippen molar-refractivity contribution in [1.82, 2.24) is 0 Å². The Morgan fingerprint density at radius 3 is 0.581 bits per heavy atom. The van der Waals surface area contributed by atoms with Gasteiger partial charge in [0.05, 0.1) is 0 Å².